The lowest BCUT2D eigenvalue weighted by Gasteiger charge is -2.13. The second-order valence-electron chi connectivity index (χ2n) is 3.20. The smallest absolute Gasteiger partial charge is 0.410 e. The Labute approximate surface area is 92.8 Å². The molecule has 0 unspecified atom stereocenters. The molecule has 1 aromatic rings. The Morgan fingerprint density at radius 3 is 3.00 bits per heavy atom. The summed E-state index contributed by atoms with van der Waals surface area (Å²) in [5.74, 6) is -0.376. The normalized spacial score (nSPS) is 9.31. The van der Waals surface area contributed by atoms with Crippen LogP contribution in [0.5, 0.6) is 0 Å². The van der Waals surface area contributed by atoms with Gasteiger partial charge in [-0.3, -0.25) is 4.90 Å². The number of ether oxygens (including phenoxy) is 1. The van der Waals surface area contributed by atoms with Crippen molar-refractivity contribution in [3.8, 4) is 6.07 Å². The fourth-order valence-corrected chi connectivity index (χ4v) is 1.05. The van der Waals surface area contributed by atoms with E-state index < -0.39 is 6.09 Å². The molecule has 0 saturated carbocycles. The minimum Gasteiger partial charge on any atom is -0.445 e. The van der Waals surface area contributed by atoms with Crippen LogP contribution in [-0.4, -0.2) is 24.6 Å². The highest BCUT2D eigenvalue weighted by atomic mass is 19.1. The zero-order chi connectivity index (χ0) is 12.0. The zero-order valence-corrected chi connectivity index (χ0v) is 8.81. The number of rotatable bonds is 3. The molecule has 1 aromatic carbocycles. The Balaban J connectivity index is 2.46. The number of carbonyl (C=O) groups excluding carboxylic acids is 1. The van der Waals surface area contributed by atoms with Crippen LogP contribution in [0.3, 0.4) is 0 Å². The molecule has 0 bridgehead atoms. The lowest BCUT2D eigenvalue weighted by molar-refractivity contribution is 0.108. The van der Waals surface area contributed by atoms with Crippen LogP contribution in [0.1, 0.15) is 5.56 Å². The first kappa shape index (κ1) is 12.0. The van der Waals surface area contributed by atoms with Crippen LogP contribution in [0.25, 0.3) is 0 Å². The number of nitriles is 1. The van der Waals surface area contributed by atoms with E-state index in [1.807, 2.05) is 6.07 Å². The van der Waals surface area contributed by atoms with Gasteiger partial charge in [-0.2, -0.15) is 5.26 Å². The van der Waals surface area contributed by atoms with Crippen LogP contribution < -0.4 is 0 Å². The van der Waals surface area contributed by atoms with E-state index in [0.29, 0.717) is 5.56 Å². The van der Waals surface area contributed by atoms with E-state index in [4.69, 9.17) is 10.00 Å². The molecule has 0 aliphatic carbocycles. The van der Waals surface area contributed by atoms with Crippen LogP contribution in [0, 0.1) is 17.1 Å². The Bertz CT molecular complexity index is 415. The summed E-state index contributed by atoms with van der Waals surface area (Å²) >= 11 is 0. The van der Waals surface area contributed by atoms with E-state index in [0.717, 1.165) is 4.90 Å². The van der Waals surface area contributed by atoms with Crippen molar-refractivity contribution in [2.24, 2.45) is 0 Å². The Hall–Kier alpha value is -2.09. The molecule has 0 N–H and O–H groups in total. The van der Waals surface area contributed by atoms with Crippen molar-refractivity contribution >= 4 is 6.09 Å². The number of carbonyl (C=O) groups is 1. The van der Waals surface area contributed by atoms with Crippen molar-refractivity contribution in [1.29, 1.82) is 5.26 Å². The van der Waals surface area contributed by atoms with Crippen LogP contribution >= 0.6 is 0 Å². The van der Waals surface area contributed by atoms with Gasteiger partial charge in [-0.05, 0) is 17.7 Å². The SMILES string of the molecule is CN(CC#N)C(=O)OCc1cccc(F)c1. The summed E-state index contributed by atoms with van der Waals surface area (Å²) in [6.07, 6.45) is -0.606. The Morgan fingerprint density at radius 2 is 2.38 bits per heavy atom. The summed E-state index contributed by atoms with van der Waals surface area (Å²) in [7, 11) is 1.46. The van der Waals surface area contributed by atoms with E-state index in [2.05, 4.69) is 0 Å². The fraction of sp³-hybridized carbons (Fsp3) is 0.273. The molecular weight excluding hydrogens is 211 g/mol. The second kappa shape index (κ2) is 5.71. The van der Waals surface area contributed by atoms with E-state index in [-0.39, 0.29) is 19.0 Å². The molecule has 0 aliphatic heterocycles. The number of amides is 1. The molecule has 1 amide bonds. The molecule has 16 heavy (non-hydrogen) atoms. The highest BCUT2D eigenvalue weighted by Crippen LogP contribution is 2.05. The summed E-state index contributed by atoms with van der Waals surface area (Å²) in [5, 5.41) is 8.36. The molecule has 0 radical (unpaired) electrons. The van der Waals surface area contributed by atoms with Gasteiger partial charge in [0.25, 0.3) is 0 Å². The predicted molar refractivity (Wildman–Crippen MR) is 54.8 cm³/mol. The van der Waals surface area contributed by atoms with Crippen molar-refractivity contribution in [3.63, 3.8) is 0 Å². The van der Waals surface area contributed by atoms with Gasteiger partial charge in [0.1, 0.15) is 19.0 Å². The number of hydrogen-bond acceptors (Lipinski definition) is 3. The maximum Gasteiger partial charge on any atom is 0.410 e. The van der Waals surface area contributed by atoms with Crippen molar-refractivity contribution in [3.05, 3.63) is 35.6 Å². The molecule has 1 rings (SSSR count). The zero-order valence-electron chi connectivity index (χ0n) is 8.81. The van der Waals surface area contributed by atoms with Gasteiger partial charge in [0.2, 0.25) is 0 Å². The molecule has 4 nitrogen and oxygen atoms in total. The van der Waals surface area contributed by atoms with Crippen molar-refractivity contribution < 1.29 is 13.9 Å². The summed E-state index contributed by atoms with van der Waals surface area (Å²) in [4.78, 5) is 12.4. The van der Waals surface area contributed by atoms with Gasteiger partial charge in [0.15, 0.2) is 0 Å². The van der Waals surface area contributed by atoms with Crippen LogP contribution in [0.2, 0.25) is 0 Å². The van der Waals surface area contributed by atoms with Gasteiger partial charge >= 0.3 is 6.09 Å². The predicted octanol–water partition coefficient (Wildman–Crippen LogP) is 1.92. The lowest BCUT2D eigenvalue weighted by atomic mass is 10.2. The largest absolute Gasteiger partial charge is 0.445 e. The molecule has 5 heteroatoms. The van der Waals surface area contributed by atoms with E-state index in [9.17, 15) is 9.18 Å². The maximum absolute atomic E-state index is 12.8. The lowest BCUT2D eigenvalue weighted by Crippen LogP contribution is -2.27. The first-order chi connectivity index (χ1) is 7.63. The first-order valence-electron chi connectivity index (χ1n) is 4.63. The summed E-state index contributed by atoms with van der Waals surface area (Å²) in [5.41, 5.74) is 0.568. The summed E-state index contributed by atoms with van der Waals surface area (Å²) < 4.78 is 17.6. The molecular formula is C11H11FN2O2. The molecule has 84 valence electrons. The summed E-state index contributed by atoms with van der Waals surface area (Å²) in [6, 6.07) is 7.62. The third kappa shape index (κ3) is 3.58. The highest BCUT2D eigenvalue weighted by molar-refractivity contribution is 5.67. The minimum atomic E-state index is -0.606. The number of benzene rings is 1. The minimum absolute atomic E-state index is 0.00758. The molecule has 0 atom stereocenters. The van der Waals surface area contributed by atoms with Gasteiger partial charge in [-0.1, -0.05) is 12.1 Å². The van der Waals surface area contributed by atoms with E-state index in [1.54, 1.807) is 6.07 Å². The molecule has 0 spiro atoms. The monoisotopic (exact) mass is 222 g/mol. The third-order valence-corrected chi connectivity index (χ3v) is 1.87. The van der Waals surface area contributed by atoms with E-state index in [1.165, 1.54) is 25.2 Å². The molecule has 0 fully saturated rings. The Morgan fingerprint density at radius 1 is 1.62 bits per heavy atom. The van der Waals surface area contributed by atoms with E-state index >= 15 is 0 Å². The van der Waals surface area contributed by atoms with Gasteiger partial charge in [-0.25, -0.2) is 9.18 Å². The van der Waals surface area contributed by atoms with Gasteiger partial charge < -0.3 is 4.74 Å². The Kier molecular flexibility index (Phi) is 4.28. The second-order valence-corrected chi connectivity index (χ2v) is 3.20. The highest BCUT2D eigenvalue weighted by Gasteiger charge is 2.09. The van der Waals surface area contributed by atoms with Crippen LogP contribution in [-0.2, 0) is 11.3 Å². The van der Waals surface area contributed by atoms with Crippen LogP contribution in [0.4, 0.5) is 9.18 Å². The van der Waals surface area contributed by atoms with Crippen molar-refractivity contribution in [1.82, 2.24) is 4.90 Å². The van der Waals surface area contributed by atoms with Crippen molar-refractivity contribution in [2.75, 3.05) is 13.6 Å². The average molecular weight is 222 g/mol. The summed E-state index contributed by atoms with van der Waals surface area (Å²) in [6.45, 7) is -0.0473. The first-order valence-corrected chi connectivity index (χ1v) is 4.63. The fourth-order valence-electron chi connectivity index (χ4n) is 1.05. The van der Waals surface area contributed by atoms with Gasteiger partial charge in [0, 0.05) is 7.05 Å². The third-order valence-electron chi connectivity index (χ3n) is 1.87. The molecule has 0 heterocycles. The average Bonchev–Trinajstić information content (AvgIpc) is 2.26. The maximum atomic E-state index is 12.8. The molecule has 0 aromatic heterocycles. The van der Waals surface area contributed by atoms with Gasteiger partial charge in [0.05, 0.1) is 6.07 Å². The molecule has 0 saturated heterocycles. The van der Waals surface area contributed by atoms with Crippen LogP contribution in [0.15, 0.2) is 24.3 Å². The standard InChI is InChI=1S/C11H11FN2O2/c1-14(6-5-13)11(15)16-8-9-3-2-4-10(12)7-9/h2-4,7H,6,8H2,1H3. The number of hydrogen-bond donors (Lipinski definition) is 0. The topological polar surface area (TPSA) is 53.3 Å². The quantitative estimate of drug-likeness (QED) is 0.734. The molecule has 0 aliphatic rings. The van der Waals surface area contributed by atoms with Crippen molar-refractivity contribution in [2.45, 2.75) is 6.61 Å². The number of nitrogens with zero attached hydrogens (tertiary/aromatic N) is 2. The number of halogens is 1. The van der Waals surface area contributed by atoms with Gasteiger partial charge in [-0.15, -0.1) is 0 Å².